The zero-order valence-corrected chi connectivity index (χ0v) is 13.1. The molecule has 1 aliphatic rings. The predicted octanol–water partition coefficient (Wildman–Crippen LogP) is 1.74. The predicted molar refractivity (Wildman–Crippen MR) is 82.8 cm³/mol. The Balaban J connectivity index is 2.27. The maximum atomic E-state index is 12.4. The summed E-state index contributed by atoms with van der Waals surface area (Å²) in [5.41, 5.74) is 5.03. The van der Waals surface area contributed by atoms with Gasteiger partial charge in [-0.1, -0.05) is 6.42 Å². The van der Waals surface area contributed by atoms with Crippen LogP contribution in [-0.2, 0) is 10.0 Å². The van der Waals surface area contributed by atoms with Crippen LogP contribution in [-0.4, -0.2) is 30.9 Å². The van der Waals surface area contributed by atoms with Crippen LogP contribution in [0.2, 0.25) is 0 Å². The molecule has 1 aromatic carbocycles. The van der Waals surface area contributed by atoms with Crippen LogP contribution in [0.4, 0.5) is 11.4 Å². The maximum absolute atomic E-state index is 12.4. The van der Waals surface area contributed by atoms with Gasteiger partial charge >= 0.3 is 0 Å². The van der Waals surface area contributed by atoms with E-state index in [1.165, 1.54) is 12.1 Å². The Bertz CT molecular complexity index is 648. The zero-order valence-electron chi connectivity index (χ0n) is 11.5. The molecule has 0 saturated heterocycles. The van der Waals surface area contributed by atoms with Crippen molar-refractivity contribution in [1.82, 2.24) is 4.72 Å². The summed E-state index contributed by atoms with van der Waals surface area (Å²) < 4.78 is 27.4. The summed E-state index contributed by atoms with van der Waals surface area (Å²) in [6, 6.07) is 3.39. The number of hydrogen-bond acceptors (Lipinski definition) is 6. The van der Waals surface area contributed by atoms with Gasteiger partial charge in [0.25, 0.3) is 5.69 Å². The number of nitrogen functional groups attached to an aromatic ring is 1. The van der Waals surface area contributed by atoms with Gasteiger partial charge < -0.3 is 5.73 Å². The van der Waals surface area contributed by atoms with E-state index in [9.17, 15) is 18.5 Å². The molecule has 2 unspecified atom stereocenters. The lowest BCUT2D eigenvalue weighted by atomic mass is 10.3. The minimum Gasteiger partial charge on any atom is -0.393 e. The van der Waals surface area contributed by atoms with Crippen LogP contribution in [0.5, 0.6) is 0 Å². The number of sulfonamides is 1. The molecule has 3 N–H and O–H groups in total. The molecule has 9 heteroatoms. The molecule has 0 amide bonds. The van der Waals surface area contributed by atoms with Gasteiger partial charge in [0.2, 0.25) is 10.0 Å². The number of thioether (sulfide) groups is 1. The summed E-state index contributed by atoms with van der Waals surface area (Å²) in [6.45, 7) is 0. The van der Waals surface area contributed by atoms with Gasteiger partial charge in [-0.3, -0.25) is 10.1 Å². The van der Waals surface area contributed by atoms with E-state index >= 15 is 0 Å². The fourth-order valence-corrected chi connectivity index (χ4v) is 4.81. The Morgan fingerprint density at radius 3 is 2.76 bits per heavy atom. The number of anilines is 1. The fourth-order valence-electron chi connectivity index (χ4n) is 2.46. The molecule has 116 valence electrons. The van der Waals surface area contributed by atoms with Gasteiger partial charge in [0, 0.05) is 17.4 Å². The van der Waals surface area contributed by atoms with E-state index in [1.54, 1.807) is 11.8 Å². The van der Waals surface area contributed by atoms with E-state index in [0.29, 0.717) is 0 Å². The lowest BCUT2D eigenvalue weighted by Crippen LogP contribution is -2.38. The smallest absolute Gasteiger partial charge is 0.293 e. The molecule has 0 heterocycles. The molecule has 7 nitrogen and oxygen atoms in total. The molecule has 0 aromatic heterocycles. The second-order valence-electron chi connectivity index (χ2n) is 4.91. The third kappa shape index (κ3) is 3.47. The SMILES string of the molecule is CSC1CCCC1NS(=O)(=O)c1ccc(N)c([N+](=O)[O-])c1. The maximum Gasteiger partial charge on any atom is 0.293 e. The Kier molecular flexibility index (Phi) is 4.74. The number of nitrogens with one attached hydrogen (secondary N) is 1. The molecule has 1 aliphatic carbocycles. The summed E-state index contributed by atoms with van der Waals surface area (Å²) in [6.07, 6.45) is 4.67. The van der Waals surface area contributed by atoms with Crippen molar-refractivity contribution in [2.75, 3.05) is 12.0 Å². The largest absolute Gasteiger partial charge is 0.393 e. The Hall–Kier alpha value is -1.32. The van der Waals surface area contributed by atoms with Gasteiger partial charge in [0.1, 0.15) is 5.69 Å². The standard InChI is InChI=1S/C12H17N3O4S2/c1-20-12-4-2-3-10(12)14-21(18,19)8-5-6-9(13)11(7-8)15(16)17/h5-7,10,12,14H,2-4,13H2,1H3. The Morgan fingerprint density at radius 1 is 1.43 bits per heavy atom. The lowest BCUT2D eigenvalue weighted by molar-refractivity contribution is -0.384. The Labute approximate surface area is 127 Å². The van der Waals surface area contributed by atoms with Crippen LogP contribution >= 0.6 is 11.8 Å². The topological polar surface area (TPSA) is 115 Å². The molecule has 2 atom stereocenters. The highest BCUT2D eigenvalue weighted by Gasteiger charge is 2.31. The minimum absolute atomic E-state index is 0.0539. The van der Waals surface area contributed by atoms with Gasteiger partial charge in [0.05, 0.1) is 9.82 Å². The van der Waals surface area contributed by atoms with Crippen molar-refractivity contribution < 1.29 is 13.3 Å². The van der Waals surface area contributed by atoms with Gasteiger partial charge in [0.15, 0.2) is 0 Å². The van der Waals surface area contributed by atoms with Crippen LogP contribution in [0, 0.1) is 10.1 Å². The van der Waals surface area contributed by atoms with Gasteiger partial charge in [-0.25, -0.2) is 13.1 Å². The van der Waals surface area contributed by atoms with Crippen molar-refractivity contribution in [2.24, 2.45) is 0 Å². The number of nitrogens with zero attached hydrogens (tertiary/aromatic N) is 1. The van der Waals surface area contributed by atoms with Crippen molar-refractivity contribution >= 4 is 33.2 Å². The number of benzene rings is 1. The lowest BCUT2D eigenvalue weighted by Gasteiger charge is -2.19. The highest BCUT2D eigenvalue weighted by molar-refractivity contribution is 7.99. The highest BCUT2D eigenvalue weighted by Crippen LogP contribution is 2.30. The molecule has 2 rings (SSSR count). The van der Waals surface area contributed by atoms with Crippen molar-refractivity contribution in [2.45, 2.75) is 35.4 Å². The number of nitrogens with two attached hydrogens (primary N) is 1. The van der Waals surface area contributed by atoms with Gasteiger partial charge in [-0.05, 0) is 31.2 Å². The second-order valence-corrected chi connectivity index (χ2v) is 7.70. The molecular formula is C12H17N3O4S2. The number of nitro groups is 1. The molecule has 1 saturated carbocycles. The van der Waals surface area contributed by atoms with Gasteiger partial charge in [-0.2, -0.15) is 11.8 Å². The first-order valence-electron chi connectivity index (χ1n) is 6.44. The minimum atomic E-state index is -3.78. The zero-order chi connectivity index (χ0) is 15.6. The average Bonchev–Trinajstić information content (AvgIpc) is 2.85. The quantitative estimate of drug-likeness (QED) is 0.482. The van der Waals surface area contributed by atoms with Crippen LogP contribution in [0.25, 0.3) is 0 Å². The number of hydrogen-bond donors (Lipinski definition) is 2. The van der Waals surface area contributed by atoms with E-state index in [4.69, 9.17) is 5.73 Å². The fraction of sp³-hybridized carbons (Fsp3) is 0.500. The summed E-state index contributed by atoms with van der Waals surface area (Å²) >= 11 is 1.63. The molecule has 1 fully saturated rings. The Morgan fingerprint density at radius 2 is 2.14 bits per heavy atom. The molecule has 0 spiro atoms. The molecule has 0 radical (unpaired) electrons. The van der Waals surface area contributed by atoms with E-state index < -0.39 is 20.6 Å². The molecule has 1 aromatic rings. The highest BCUT2D eigenvalue weighted by atomic mass is 32.2. The molecule has 0 aliphatic heterocycles. The summed E-state index contributed by atoms with van der Waals surface area (Å²) in [4.78, 5) is 10.0. The van der Waals surface area contributed by atoms with Crippen LogP contribution < -0.4 is 10.5 Å². The van der Waals surface area contributed by atoms with Crippen LogP contribution in [0.1, 0.15) is 19.3 Å². The average molecular weight is 331 g/mol. The number of rotatable bonds is 5. The van der Waals surface area contributed by atoms with E-state index in [-0.39, 0.29) is 21.9 Å². The van der Waals surface area contributed by atoms with Gasteiger partial charge in [-0.15, -0.1) is 0 Å². The monoisotopic (exact) mass is 331 g/mol. The summed E-state index contributed by atoms with van der Waals surface area (Å²) in [7, 11) is -3.78. The van der Waals surface area contributed by atoms with Crippen molar-refractivity contribution in [3.8, 4) is 0 Å². The first-order valence-corrected chi connectivity index (χ1v) is 9.21. The third-order valence-electron chi connectivity index (χ3n) is 3.57. The van der Waals surface area contributed by atoms with Crippen LogP contribution in [0.15, 0.2) is 23.1 Å². The first-order chi connectivity index (χ1) is 9.85. The normalized spacial score (nSPS) is 22.3. The summed E-state index contributed by atoms with van der Waals surface area (Å²) in [5.74, 6) is 0. The first kappa shape index (κ1) is 16.1. The van der Waals surface area contributed by atoms with Crippen LogP contribution in [0.3, 0.4) is 0 Å². The molecule has 21 heavy (non-hydrogen) atoms. The van der Waals surface area contributed by atoms with Crippen molar-refractivity contribution in [3.63, 3.8) is 0 Å². The third-order valence-corrected chi connectivity index (χ3v) is 6.23. The molecule has 0 bridgehead atoms. The van der Waals surface area contributed by atoms with Crippen molar-refractivity contribution in [1.29, 1.82) is 0 Å². The molecular weight excluding hydrogens is 314 g/mol. The van der Waals surface area contributed by atoms with E-state index in [2.05, 4.69) is 4.72 Å². The van der Waals surface area contributed by atoms with E-state index in [0.717, 1.165) is 25.3 Å². The second kappa shape index (κ2) is 6.20. The van der Waals surface area contributed by atoms with E-state index in [1.807, 2.05) is 6.26 Å². The summed E-state index contributed by atoms with van der Waals surface area (Å²) in [5, 5.41) is 11.1. The van der Waals surface area contributed by atoms with Crippen molar-refractivity contribution in [3.05, 3.63) is 28.3 Å². The number of nitro benzene ring substituents is 1.